The molecule has 0 aliphatic rings. The molecule has 0 unspecified atom stereocenters. The van der Waals surface area contributed by atoms with Crippen LogP contribution in [0.15, 0.2) is 89.1 Å². The van der Waals surface area contributed by atoms with Crippen LogP contribution in [0.1, 0.15) is 0 Å². The highest BCUT2D eigenvalue weighted by molar-refractivity contribution is 8.00. The molecule has 0 spiro atoms. The largest absolute Gasteiger partial charge is 0.301 e. The molecule has 3 nitrogen and oxygen atoms in total. The summed E-state index contributed by atoms with van der Waals surface area (Å²) in [4.78, 5) is 17.5. The number of amides is 1. The van der Waals surface area contributed by atoms with Gasteiger partial charge in [-0.05, 0) is 35.4 Å². The molecule has 0 radical (unpaired) electrons. The average Bonchev–Trinajstić information content (AvgIpc) is 3.22. The Bertz CT molecular complexity index is 1090. The summed E-state index contributed by atoms with van der Waals surface area (Å²) in [6, 6.07) is 24.5. The van der Waals surface area contributed by atoms with Crippen molar-refractivity contribution in [2.75, 3.05) is 11.1 Å². The molecular formula is C23H17FN2OS2. The highest BCUT2D eigenvalue weighted by atomic mass is 32.2. The van der Waals surface area contributed by atoms with E-state index in [2.05, 4.69) is 34.6 Å². The maximum absolute atomic E-state index is 12.9. The Balaban J connectivity index is 1.36. The quantitative estimate of drug-likeness (QED) is 0.370. The van der Waals surface area contributed by atoms with Crippen LogP contribution < -0.4 is 5.32 Å². The van der Waals surface area contributed by atoms with Gasteiger partial charge in [0.25, 0.3) is 0 Å². The third kappa shape index (κ3) is 5.10. The number of hydrogen-bond acceptors (Lipinski definition) is 4. The molecule has 4 aromatic rings. The van der Waals surface area contributed by atoms with Crippen LogP contribution in [0.2, 0.25) is 0 Å². The minimum Gasteiger partial charge on any atom is -0.301 e. The number of nitrogens with one attached hydrogen (secondary N) is 1. The van der Waals surface area contributed by atoms with E-state index in [0.29, 0.717) is 5.13 Å². The Labute approximate surface area is 176 Å². The Morgan fingerprint density at radius 2 is 1.55 bits per heavy atom. The second kappa shape index (κ2) is 9.03. The number of thiazole rings is 1. The van der Waals surface area contributed by atoms with Crippen LogP contribution in [0.25, 0.3) is 22.4 Å². The smallest absolute Gasteiger partial charge is 0.236 e. The second-order valence-corrected chi connectivity index (χ2v) is 8.18. The predicted octanol–water partition coefficient (Wildman–Crippen LogP) is 6.35. The van der Waals surface area contributed by atoms with Crippen molar-refractivity contribution in [3.05, 3.63) is 90.1 Å². The summed E-state index contributed by atoms with van der Waals surface area (Å²) in [7, 11) is 0. The zero-order valence-corrected chi connectivity index (χ0v) is 17.0. The number of aromatic nitrogens is 1. The van der Waals surface area contributed by atoms with Crippen LogP contribution in [-0.4, -0.2) is 16.6 Å². The summed E-state index contributed by atoms with van der Waals surface area (Å²) in [5.41, 5.74) is 4.15. The van der Waals surface area contributed by atoms with Gasteiger partial charge in [0.15, 0.2) is 5.13 Å². The minimum absolute atomic E-state index is 0.139. The lowest BCUT2D eigenvalue weighted by Gasteiger charge is -2.03. The van der Waals surface area contributed by atoms with Crippen LogP contribution in [0.5, 0.6) is 0 Å². The van der Waals surface area contributed by atoms with Crippen LogP contribution in [0.4, 0.5) is 9.52 Å². The van der Waals surface area contributed by atoms with Crippen molar-refractivity contribution in [3.63, 3.8) is 0 Å². The van der Waals surface area contributed by atoms with Gasteiger partial charge in [-0.25, -0.2) is 9.37 Å². The van der Waals surface area contributed by atoms with Crippen LogP contribution in [-0.2, 0) is 4.79 Å². The van der Waals surface area contributed by atoms with Gasteiger partial charge in [0, 0.05) is 15.8 Å². The number of carbonyl (C=O) groups is 1. The summed E-state index contributed by atoms with van der Waals surface area (Å²) in [5.74, 6) is -0.183. The topological polar surface area (TPSA) is 42.0 Å². The van der Waals surface area contributed by atoms with E-state index in [1.165, 1.54) is 40.8 Å². The summed E-state index contributed by atoms with van der Waals surface area (Å²) in [6.07, 6.45) is 0. The summed E-state index contributed by atoms with van der Waals surface area (Å²) < 4.78 is 12.9. The molecule has 4 rings (SSSR count). The van der Waals surface area contributed by atoms with Crippen LogP contribution >= 0.6 is 23.1 Å². The fraction of sp³-hybridized carbons (Fsp3) is 0.0435. The Morgan fingerprint density at radius 3 is 2.28 bits per heavy atom. The van der Waals surface area contributed by atoms with Gasteiger partial charge in [0.2, 0.25) is 5.91 Å². The lowest BCUT2D eigenvalue weighted by molar-refractivity contribution is -0.113. The number of benzene rings is 3. The fourth-order valence-electron chi connectivity index (χ4n) is 2.76. The van der Waals surface area contributed by atoms with Gasteiger partial charge in [-0.15, -0.1) is 23.1 Å². The molecule has 1 aromatic heterocycles. The molecule has 144 valence electrons. The normalized spacial score (nSPS) is 10.7. The van der Waals surface area contributed by atoms with Crippen molar-refractivity contribution in [2.24, 2.45) is 0 Å². The maximum atomic E-state index is 12.9. The van der Waals surface area contributed by atoms with Gasteiger partial charge in [-0.1, -0.05) is 54.6 Å². The molecule has 3 aromatic carbocycles. The monoisotopic (exact) mass is 420 g/mol. The Morgan fingerprint density at radius 1 is 0.897 bits per heavy atom. The molecule has 0 saturated heterocycles. The highest BCUT2D eigenvalue weighted by Gasteiger charge is 2.09. The first-order valence-corrected chi connectivity index (χ1v) is 10.8. The molecular weight excluding hydrogens is 403 g/mol. The Kier molecular flexibility index (Phi) is 6.03. The number of rotatable bonds is 6. The zero-order valence-electron chi connectivity index (χ0n) is 15.3. The molecule has 0 atom stereocenters. The molecule has 0 bridgehead atoms. The first-order valence-electron chi connectivity index (χ1n) is 8.97. The van der Waals surface area contributed by atoms with Gasteiger partial charge in [-0.2, -0.15) is 0 Å². The van der Waals surface area contributed by atoms with E-state index < -0.39 is 0 Å². The molecule has 1 amide bonds. The minimum atomic E-state index is -0.286. The molecule has 1 heterocycles. The average molecular weight is 421 g/mol. The number of halogens is 1. The second-order valence-electron chi connectivity index (χ2n) is 6.27. The van der Waals surface area contributed by atoms with Gasteiger partial charge in [-0.3, -0.25) is 4.79 Å². The van der Waals surface area contributed by atoms with E-state index in [1.54, 1.807) is 12.1 Å². The van der Waals surface area contributed by atoms with Crippen molar-refractivity contribution < 1.29 is 9.18 Å². The number of thioether (sulfide) groups is 1. The lowest BCUT2D eigenvalue weighted by atomic mass is 10.0. The van der Waals surface area contributed by atoms with Crippen LogP contribution in [0.3, 0.4) is 0 Å². The van der Waals surface area contributed by atoms with E-state index in [9.17, 15) is 9.18 Å². The molecule has 0 aliphatic carbocycles. The Hall–Kier alpha value is -2.96. The van der Waals surface area contributed by atoms with Crippen molar-refractivity contribution in [2.45, 2.75) is 4.90 Å². The third-order valence-corrected chi connectivity index (χ3v) is 5.99. The van der Waals surface area contributed by atoms with E-state index in [-0.39, 0.29) is 17.5 Å². The van der Waals surface area contributed by atoms with Gasteiger partial charge in [0.05, 0.1) is 11.4 Å². The SMILES string of the molecule is O=C(CSc1ccc(F)cc1)Nc1nc(-c2ccc(-c3ccccc3)cc2)cs1. The van der Waals surface area contributed by atoms with Gasteiger partial charge in [0.1, 0.15) is 5.82 Å². The first-order chi connectivity index (χ1) is 14.2. The number of carbonyl (C=O) groups excluding carboxylic acids is 1. The van der Waals surface area contributed by atoms with Gasteiger partial charge >= 0.3 is 0 Å². The maximum Gasteiger partial charge on any atom is 0.236 e. The third-order valence-electron chi connectivity index (χ3n) is 4.22. The van der Waals surface area contributed by atoms with Crippen molar-refractivity contribution in [1.29, 1.82) is 0 Å². The summed E-state index contributed by atoms with van der Waals surface area (Å²) >= 11 is 2.75. The predicted molar refractivity (Wildman–Crippen MR) is 119 cm³/mol. The van der Waals surface area contributed by atoms with Crippen LogP contribution in [0, 0.1) is 5.82 Å². The number of hydrogen-bond donors (Lipinski definition) is 1. The molecule has 1 N–H and O–H groups in total. The summed E-state index contributed by atoms with van der Waals surface area (Å²) in [6.45, 7) is 0. The van der Waals surface area contributed by atoms with E-state index in [4.69, 9.17) is 0 Å². The van der Waals surface area contributed by atoms with E-state index in [1.807, 2.05) is 35.7 Å². The van der Waals surface area contributed by atoms with Gasteiger partial charge < -0.3 is 5.32 Å². The highest BCUT2D eigenvalue weighted by Crippen LogP contribution is 2.28. The van der Waals surface area contributed by atoms with Crippen molar-refractivity contribution in [1.82, 2.24) is 4.98 Å². The number of anilines is 1. The fourth-order valence-corrected chi connectivity index (χ4v) is 4.20. The summed E-state index contributed by atoms with van der Waals surface area (Å²) in [5, 5.41) is 5.32. The zero-order chi connectivity index (χ0) is 20.1. The van der Waals surface area contributed by atoms with E-state index >= 15 is 0 Å². The van der Waals surface area contributed by atoms with Crippen molar-refractivity contribution >= 4 is 34.1 Å². The standard InChI is InChI=1S/C23H17FN2OS2/c24-19-10-12-20(13-11-19)28-15-22(27)26-23-25-21(14-29-23)18-8-6-17(7-9-18)16-4-2-1-3-5-16/h1-14H,15H2,(H,25,26,27). The molecule has 0 fully saturated rings. The van der Waals surface area contributed by atoms with Crippen molar-refractivity contribution in [3.8, 4) is 22.4 Å². The molecule has 6 heteroatoms. The number of nitrogens with zero attached hydrogens (tertiary/aromatic N) is 1. The molecule has 29 heavy (non-hydrogen) atoms. The first kappa shape index (κ1) is 19.4. The molecule has 0 saturated carbocycles. The lowest BCUT2D eigenvalue weighted by Crippen LogP contribution is -2.13. The molecule has 0 aliphatic heterocycles. The van der Waals surface area contributed by atoms with E-state index in [0.717, 1.165) is 21.7 Å².